The minimum absolute atomic E-state index is 0.131. The van der Waals surface area contributed by atoms with Gasteiger partial charge in [0.05, 0.1) is 0 Å². The molecule has 0 saturated carbocycles. The van der Waals surface area contributed by atoms with Crippen molar-refractivity contribution in [1.29, 1.82) is 0 Å². The molecular weight excluding hydrogens is 282 g/mol. The molecule has 22 heavy (non-hydrogen) atoms. The van der Waals surface area contributed by atoms with E-state index in [0.717, 1.165) is 10.9 Å². The molecule has 0 bridgehead atoms. The van der Waals surface area contributed by atoms with E-state index in [9.17, 15) is 4.79 Å². The average molecular weight is 291 g/mol. The van der Waals surface area contributed by atoms with Crippen LogP contribution >= 0.6 is 0 Å². The van der Waals surface area contributed by atoms with Gasteiger partial charge in [0.15, 0.2) is 0 Å². The Morgan fingerprint density at radius 3 is 2.68 bits per heavy atom. The van der Waals surface area contributed by atoms with E-state index < -0.39 is 5.63 Å². The molecule has 0 spiro atoms. The van der Waals surface area contributed by atoms with Gasteiger partial charge < -0.3 is 8.94 Å². The van der Waals surface area contributed by atoms with Crippen LogP contribution < -0.4 is 5.63 Å². The molecule has 0 fully saturated rings. The lowest BCUT2D eigenvalue weighted by Gasteiger charge is -1.97. The second-order valence-corrected chi connectivity index (χ2v) is 4.64. The number of hydrogen-bond acceptors (Lipinski definition) is 6. The Bertz CT molecular complexity index is 1010. The third-order valence-electron chi connectivity index (χ3n) is 3.24. The average Bonchev–Trinajstić information content (AvgIpc) is 3.05. The molecule has 0 atom stereocenters. The van der Waals surface area contributed by atoms with E-state index in [-0.39, 0.29) is 11.5 Å². The molecular formula is C16H9N3O3. The van der Waals surface area contributed by atoms with Crippen molar-refractivity contribution in [3.63, 3.8) is 0 Å². The van der Waals surface area contributed by atoms with E-state index >= 15 is 0 Å². The first-order chi connectivity index (χ1) is 10.8. The molecule has 3 aromatic heterocycles. The van der Waals surface area contributed by atoms with Gasteiger partial charge in [-0.05, 0) is 24.3 Å². The Hall–Kier alpha value is -3.28. The van der Waals surface area contributed by atoms with Crippen molar-refractivity contribution in [1.82, 2.24) is 15.1 Å². The fourth-order valence-corrected chi connectivity index (χ4v) is 2.16. The summed E-state index contributed by atoms with van der Waals surface area (Å²) >= 11 is 0. The lowest BCUT2D eigenvalue weighted by atomic mass is 10.2. The maximum atomic E-state index is 12.1. The zero-order chi connectivity index (χ0) is 14.9. The van der Waals surface area contributed by atoms with Crippen molar-refractivity contribution >= 4 is 11.0 Å². The Labute approximate surface area is 124 Å². The third-order valence-corrected chi connectivity index (χ3v) is 3.24. The van der Waals surface area contributed by atoms with Crippen LogP contribution in [0.15, 0.2) is 68.6 Å². The first-order valence-electron chi connectivity index (χ1n) is 6.59. The van der Waals surface area contributed by atoms with Crippen LogP contribution in [0.3, 0.4) is 0 Å². The number of para-hydroxylation sites is 1. The van der Waals surface area contributed by atoms with Crippen molar-refractivity contribution < 1.29 is 8.94 Å². The van der Waals surface area contributed by atoms with E-state index in [2.05, 4.69) is 15.1 Å². The van der Waals surface area contributed by atoms with Crippen LogP contribution in [0.2, 0.25) is 0 Å². The van der Waals surface area contributed by atoms with Crippen molar-refractivity contribution in [2.24, 2.45) is 0 Å². The summed E-state index contributed by atoms with van der Waals surface area (Å²) in [6.07, 6.45) is 3.27. The van der Waals surface area contributed by atoms with Crippen LogP contribution in [-0.2, 0) is 0 Å². The van der Waals surface area contributed by atoms with Crippen LogP contribution in [-0.4, -0.2) is 15.1 Å². The number of nitrogens with zero attached hydrogens (tertiary/aromatic N) is 3. The van der Waals surface area contributed by atoms with Gasteiger partial charge in [-0.3, -0.25) is 4.98 Å². The number of hydrogen-bond donors (Lipinski definition) is 0. The molecule has 4 rings (SSSR count). The molecule has 0 aliphatic heterocycles. The topological polar surface area (TPSA) is 82.0 Å². The number of aromatic nitrogens is 3. The predicted molar refractivity (Wildman–Crippen MR) is 79.0 cm³/mol. The second kappa shape index (κ2) is 4.92. The molecule has 1 aromatic carbocycles. The minimum Gasteiger partial charge on any atom is -0.422 e. The standard InChI is InChI=1S/C16H9N3O3/c20-16-12(9-11-3-1-2-4-13(11)21-16)15-18-14(19-22-15)10-5-7-17-8-6-10/h1-9H. The number of benzene rings is 1. The summed E-state index contributed by atoms with van der Waals surface area (Å²) in [4.78, 5) is 20.3. The van der Waals surface area contributed by atoms with E-state index in [0.29, 0.717) is 11.4 Å². The lowest BCUT2D eigenvalue weighted by Crippen LogP contribution is -2.02. The van der Waals surface area contributed by atoms with Crippen molar-refractivity contribution in [2.45, 2.75) is 0 Å². The van der Waals surface area contributed by atoms with Crippen LogP contribution in [0, 0.1) is 0 Å². The van der Waals surface area contributed by atoms with Crippen LogP contribution in [0.1, 0.15) is 0 Å². The van der Waals surface area contributed by atoms with Crippen molar-refractivity contribution in [3.8, 4) is 22.8 Å². The maximum absolute atomic E-state index is 12.1. The Kier molecular flexibility index (Phi) is 2.79. The van der Waals surface area contributed by atoms with Crippen molar-refractivity contribution in [3.05, 3.63) is 65.3 Å². The summed E-state index contributed by atoms with van der Waals surface area (Å²) in [5, 5.41) is 4.68. The van der Waals surface area contributed by atoms with Gasteiger partial charge in [0.2, 0.25) is 5.82 Å². The quantitative estimate of drug-likeness (QED) is 0.528. The molecule has 0 saturated heterocycles. The first-order valence-corrected chi connectivity index (χ1v) is 6.59. The highest BCUT2D eigenvalue weighted by Crippen LogP contribution is 2.22. The summed E-state index contributed by atoms with van der Waals surface area (Å²) in [5.41, 5.74) is 1.01. The summed E-state index contributed by atoms with van der Waals surface area (Å²) in [6.45, 7) is 0. The zero-order valence-corrected chi connectivity index (χ0v) is 11.3. The van der Waals surface area contributed by atoms with Crippen molar-refractivity contribution in [2.75, 3.05) is 0 Å². The Morgan fingerprint density at radius 1 is 1.00 bits per heavy atom. The highest BCUT2D eigenvalue weighted by atomic mass is 16.5. The Morgan fingerprint density at radius 2 is 1.82 bits per heavy atom. The molecule has 0 N–H and O–H groups in total. The highest BCUT2D eigenvalue weighted by Gasteiger charge is 2.15. The highest BCUT2D eigenvalue weighted by molar-refractivity contribution is 5.80. The largest absolute Gasteiger partial charge is 0.422 e. The van der Waals surface area contributed by atoms with Crippen LogP contribution in [0.25, 0.3) is 33.8 Å². The predicted octanol–water partition coefficient (Wildman–Crippen LogP) is 2.91. The number of pyridine rings is 1. The number of rotatable bonds is 2. The van der Waals surface area contributed by atoms with E-state index in [1.807, 2.05) is 12.1 Å². The van der Waals surface area contributed by atoms with Crippen LogP contribution in [0.4, 0.5) is 0 Å². The van der Waals surface area contributed by atoms with E-state index in [1.54, 1.807) is 42.7 Å². The monoisotopic (exact) mass is 291 g/mol. The second-order valence-electron chi connectivity index (χ2n) is 4.64. The molecule has 6 nitrogen and oxygen atoms in total. The molecule has 3 heterocycles. The Balaban J connectivity index is 1.84. The maximum Gasteiger partial charge on any atom is 0.349 e. The van der Waals surface area contributed by atoms with Gasteiger partial charge in [0.25, 0.3) is 5.89 Å². The molecule has 0 aliphatic rings. The number of fused-ring (bicyclic) bond motifs is 1. The van der Waals surface area contributed by atoms with Gasteiger partial charge in [-0.2, -0.15) is 4.98 Å². The zero-order valence-electron chi connectivity index (χ0n) is 11.3. The molecule has 0 radical (unpaired) electrons. The first kappa shape index (κ1) is 12.5. The molecule has 6 heteroatoms. The molecule has 4 aromatic rings. The van der Waals surface area contributed by atoms with Gasteiger partial charge in [0, 0.05) is 23.3 Å². The van der Waals surface area contributed by atoms with E-state index in [1.165, 1.54) is 0 Å². The SMILES string of the molecule is O=c1oc2ccccc2cc1-c1nc(-c2ccncc2)no1. The fourth-order valence-electron chi connectivity index (χ4n) is 2.16. The molecule has 106 valence electrons. The van der Waals surface area contributed by atoms with Gasteiger partial charge in [0.1, 0.15) is 11.1 Å². The van der Waals surface area contributed by atoms with Gasteiger partial charge in [-0.25, -0.2) is 4.79 Å². The lowest BCUT2D eigenvalue weighted by molar-refractivity contribution is 0.429. The summed E-state index contributed by atoms with van der Waals surface area (Å²) < 4.78 is 10.5. The third kappa shape index (κ3) is 2.07. The van der Waals surface area contributed by atoms with Gasteiger partial charge >= 0.3 is 5.63 Å². The van der Waals surface area contributed by atoms with E-state index in [4.69, 9.17) is 8.94 Å². The van der Waals surface area contributed by atoms with Gasteiger partial charge in [-0.15, -0.1) is 0 Å². The van der Waals surface area contributed by atoms with Crippen LogP contribution in [0.5, 0.6) is 0 Å². The smallest absolute Gasteiger partial charge is 0.349 e. The minimum atomic E-state index is -0.511. The summed E-state index contributed by atoms with van der Waals surface area (Å²) in [6, 6.07) is 12.5. The molecule has 0 amide bonds. The normalized spacial score (nSPS) is 10.9. The van der Waals surface area contributed by atoms with Gasteiger partial charge in [-0.1, -0.05) is 23.4 Å². The summed E-state index contributed by atoms with van der Waals surface area (Å²) in [7, 11) is 0. The molecule has 0 aliphatic carbocycles. The summed E-state index contributed by atoms with van der Waals surface area (Å²) in [5.74, 6) is 0.524. The molecule has 0 unspecified atom stereocenters. The fraction of sp³-hybridized carbons (Fsp3) is 0.